The fraction of sp³-hybridized carbons (Fsp3) is 0.409. The number of ether oxygens (including phenoxy) is 1. The van der Waals surface area contributed by atoms with Crippen molar-refractivity contribution >= 4 is 34.8 Å². The third-order valence-electron chi connectivity index (χ3n) is 4.62. The van der Waals surface area contributed by atoms with Gasteiger partial charge in [-0.25, -0.2) is 4.39 Å². The highest BCUT2D eigenvalue weighted by atomic mass is 35.5. The third-order valence-corrected chi connectivity index (χ3v) is 5.36. The predicted molar refractivity (Wildman–Crippen MR) is 112 cm³/mol. The van der Waals surface area contributed by atoms with Gasteiger partial charge in [-0.15, -0.1) is 0 Å². The zero-order valence-electron chi connectivity index (χ0n) is 16.2. The number of amides is 1. The molecule has 1 aliphatic rings. The van der Waals surface area contributed by atoms with Crippen LogP contribution in [0.5, 0.6) is 5.75 Å². The van der Waals surface area contributed by atoms with Gasteiger partial charge in [0.15, 0.2) is 0 Å². The van der Waals surface area contributed by atoms with Gasteiger partial charge >= 0.3 is 0 Å². The van der Waals surface area contributed by atoms with Crippen LogP contribution in [0.25, 0.3) is 0 Å². The molecule has 0 saturated heterocycles. The SMILES string of the molecule is CC(C)(C)CC(=O)Nc1cc2c(cc1F)C(Oc1ccc(Cl)c(Cl)c1)CCC2. The second-order valence-corrected chi connectivity index (χ2v) is 9.21. The number of nitrogens with one attached hydrogen (secondary N) is 1. The maximum absolute atomic E-state index is 14.7. The van der Waals surface area contributed by atoms with Crippen molar-refractivity contribution in [3.05, 3.63) is 57.3 Å². The molecule has 0 radical (unpaired) electrons. The summed E-state index contributed by atoms with van der Waals surface area (Å²) in [6, 6.07) is 8.30. The van der Waals surface area contributed by atoms with Crippen molar-refractivity contribution < 1.29 is 13.9 Å². The molecule has 0 fully saturated rings. The Morgan fingerprint density at radius 2 is 1.96 bits per heavy atom. The molecule has 0 aromatic heterocycles. The predicted octanol–water partition coefficient (Wildman–Crippen LogP) is 6.96. The molecular weight excluding hydrogens is 400 g/mol. The van der Waals surface area contributed by atoms with Crippen molar-refractivity contribution in [2.75, 3.05) is 5.32 Å². The first kappa shape index (κ1) is 20.9. The van der Waals surface area contributed by atoms with Crippen LogP contribution in [0, 0.1) is 11.2 Å². The molecule has 28 heavy (non-hydrogen) atoms. The summed E-state index contributed by atoms with van der Waals surface area (Å²) in [7, 11) is 0. The number of anilines is 1. The van der Waals surface area contributed by atoms with E-state index in [4.69, 9.17) is 27.9 Å². The molecule has 1 N–H and O–H groups in total. The van der Waals surface area contributed by atoms with E-state index in [9.17, 15) is 9.18 Å². The highest BCUT2D eigenvalue weighted by Gasteiger charge is 2.25. The number of carbonyl (C=O) groups is 1. The Kier molecular flexibility index (Phi) is 6.21. The largest absolute Gasteiger partial charge is 0.486 e. The van der Waals surface area contributed by atoms with E-state index in [2.05, 4.69) is 5.32 Å². The molecular formula is C22H24Cl2FNO2. The lowest BCUT2D eigenvalue weighted by Gasteiger charge is -2.27. The number of benzene rings is 2. The van der Waals surface area contributed by atoms with Crippen molar-refractivity contribution in [1.29, 1.82) is 0 Å². The zero-order chi connectivity index (χ0) is 20.5. The normalized spacial score (nSPS) is 16.4. The molecule has 0 bridgehead atoms. The Hall–Kier alpha value is -1.78. The van der Waals surface area contributed by atoms with E-state index in [-0.39, 0.29) is 23.1 Å². The summed E-state index contributed by atoms with van der Waals surface area (Å²) in [5.74, 6) is -0.0494. The topological polar surface area (TPSA) is 38.3 Å². The van der Waals surface area contributed by atoms with Crippen LogP contribution in [-0.2, 0) is 11.2 Å². The lowest BCUT2D eigenvalue weighted by Crippen LogP contribution is -2.21. The van der Waals surface area contributed by atoms with Crippen LogP contribution in [0.4, 0.5) is 10.1 Å². The van der Waals surface area contributed by atoms with E-state index in [0.29, 0.717) is 22.2 Å². The fourth-order valence-corrected chi connectivity index (χ4v) is 3.68. The Morgan fingerprint density at radius 3 is 2.64 bits per heavy atom. The van der Waals surface area contributed by atoms with Crippen LogP contribution in [0.2, 0.25) is 10.0 Å². The standard InChI is InChI=1S/C22H24Cl2FNO2/c1-22(2,3)12-21(27)26-19-9-13-5-4-6-20(15(13)11-18(19)25)28-14-7-8-16(23)17(24)10-14/h7-11,20H,4-6,12H2,1-3H3,(H,26,27). The number of halogens is 3. The Labute approximate surface area is 175 Å². The second kappa shape index (κ2) is 8.30. The molecule has 2 aromatic carbocycles. The van der Waals surface area contributed by atoms with E-state index in [1.54, 1.807) is 24.3 Å². The minimum atomic E-state index is -0.453. The van der Waals surface area contributed by atoms with Gasteiger partial charge in [-0.3, -0.25) is 4.79 Å². The average molecular weight is 424 g/mol. The molecule has 0 spiro atoms. The van der Waals surface area contributed by atoms with Crippen LogP contribution in [0.3, 0.4) is 0 Å². The first-order chi connectivity index (χ1) is 13.1. The van der Waals surface area contributed by atoms with E-state index >= 15 is 0 Å². The summed E-state index contributed by atoms with van der Waals surface area (Å²) in [5.41, 5.74) is 1.86. The summed E-state index contributed by atoms with van der Waals surface area (Å²) in [6.07, 6.45) is 2.57. The van der Waals surface area contributed by atoms with Gasteiger partial charge in [0.05, 0.1) is 15.7 Å². The Balaban J connectivity index is 1.81. The Bertz CT molecular complexity index is 893. The molecule has 150 valence electrons. The van der Waals surface area contributed by atoms with Gasteiger partial charge in [-0.05, 0) is 60.1 Å². The Morgan fingerprint density at radius 1 is 1.21 bits per heavy atom. The molecule has 3 nitrogen and oxygen atoms in total. The smallest absolute Gasteiger partial charge is 0.224 e. The number of rotatable bonds is 4. The van der Waals surface area contributed by atoms with E-state index in [1.807, 2.05) is 20.8 Å². The summed E-state index contributed by atoms with van der Waals surface area (Å²) < 4.78 is 20.8. The van der Waals surface area contributed by atoms with Crippen LogP contribution in [0.1, 0.15) is 57.3 Å². The monoisotopic (exact) mass is 423 g/mol. The summed E-state index contributed by atoms with van der Waals surface area (Å²) in [5, 5.41) is 3.58. The number of hydrogen-bond donors (Lipinski definition) is 1. The fourth-order valence-electron chi connectivity index (χ4n) is 3.39. The van der Waals surface area contributed by atoms with Crippen molar-refractivity contribution in [1.82, 2.24) is 0 Å². The first-order valence-corrected chi connectivity index (χ1v) is 10.1. The van der Waals surface area contributed by atoms with E-state index in [0.717, 1.165) is 30.4 Å². The van der Waals surface area contributed by atoms with Gasteiger partial charge in [0.1, 0.15) is 17.7 Å². The van der Waals surface area contributed by atoms with Crippen molar-refractivity contribution in [3.8, 4) is 5.75 Å². The summed E-state index contributed by atoms with van der Waals surface area (Å²) >= 11 is 12.0. The molecule has 0 aliphatic heterocycles. The lowest BCUT2D eigenvalue weighted by atomic mass is 9.88. The van der Waals surface area contributed by atoms with E-state index in [1.165, 1.54) is 6.07 Å². The van der Waals surface area contributed by atoms with Gasteiger partial charge in [0.2, 0.25) is 5.91 Å². The molecule has 1 aliphatic carbocycles. The minimum absolute atomic E-state index is 0.159. The lowest BCUT2D eigenvalue weighted by molar-refractivity contribution is -0.117. The molecule has 0 saturated carbocycles. The van der Waals surface area contributed by atoms with Crippen LogP contribution >= 0.6 is 23.2 Å². The van der Waals surface area contributed by atoms with Gasteiger partial charge in [0.25, 0.3) is 0 Å². The zero-order valence-corrected chi connectivity index (χ0v) is 17.8. The number of aryl methyl sites for hydroxylation is 1. The molecule has 1 unspecified atom stereocenters. The first-order valence-electron chi connectivity index (χ1n) is 9.36. The molecule has 0 heterocycles. The summed E-state index contributed by atoms with van der Waals surface area (Å²) in [4.78, 5) is 12.2. The van der Waals surface area contributed by atoms with Crippen molar-refractivity contribution in [3.63, 3.8) is 0 Å². The summed E-state index contributed by atoms with van der Waals surface area (Å²) in [6.45, 7) is 5.92. The third kappa shape index (κ3) is 5.18. The molecule has 6 heteroatoms. The number of fused-ring (bicyclic) bond motifs is 1. The maximum Gasteiger partial charge on any atom is 0.224 e. The highest BCUT2D eigenvalue weighted by molar-refractivity contribution is 6.42. The second-order valence-electron chi connectivity index (χ2n) is 8.39. The average Bonchev–Trinajstić information content (AvgIpc) is 2.58. The molecule has 3 rings (SSSR count). The van der Waals surface area contributed by atoms with Crippen molar-refractivity contribution in [2.24, 2.45) is 5.41 Å². The van der Waals surface area contributed by atoms with Gasteiger partial charge in [0, 0.05) is 12.5 Å². The number of carbonyl (C=O) groups excluding carboxylic acids is 1. The van der Waals surface area contributed by atoms with Crippen molar-refractivity contribution in [2.45, 2.75) is 52.6 Å². The highest BCUT2D eigenvalue weighted by Crippen LogP contribution is 2.37. The van der Waals surface area contributed by atoms with Gasteiger partial charge < -0.3 is 10.1 Å². The van der Waals surface area contributed by atoms with Crippen LogP contribution < -0.4 is 10.1 Å². The molecule has 1 atom stereocenters. The van der Waals surface area contributed by atoms with Gasteiger partial charge in [-0.1, -0.05) is 44.0 Å². The quantitative estimate of drug-likeness (QED) is 0.576. The molecule has 2 aromatic rings. The van der Waals surface area contributed by atoms with Gasteiger partial charge in [-0.2, -0.15) is 0 Å². The number of hydrogen-bond acceptors (Lipinski definition) is 2. The van der Waals surface area contributed by atoms with E-state index < -0.39 is 5.82 Å². The van der Waals surface area contributed by atoms with Crippen LogP contribution in [0.15, 0.2) is 30.3 Å². The van der Waals surface area contributed by atoms with Crippen LogP contribution in [-0.4, -0.2) is 5.91 Å². The molecule has 1 amide bonds. The minimum Gasteiger partial charge on any atom is -0.486 e. The maximum atomic E-state index is 14.7.